The van der Waals surface area contributed by atoms with E-state index in [-0.39, 0.29) is 0 Å². The van der Waals surface area contributed by atoms with E-state index < -0.39 is 0 Å². The lowest BCUT2D eigenvalue weighted by Gasteiger charge is -2.19. The van der Waals surface area contributed by atoms with Crippen LogP contribution in [-0.2, 0) is 19.5 Å². The molecule has 1 aromatic rings. The average Bonchev–Trinajstić information content (AvgIpc) is 2.82. The Labute approximate surface area is 110 Å². The van der Waals surface area contributed by atoms with Gasteiger partial charge in [-0.2, -0.15) is 0 Å². The SMILES string of the molecule is CC1CCC(NCc2ccc3c(c2)CNCC3)C1. The summed E-state index contributed by atoms with van der Waals surface area (Å²) in [4.78, 5) is 0. The van der Waals surface area contributed by atoms with E-state index in [2.05, 4.69) is 35.8 Å². The summed E-state index contributed by atoms with van der Waals surface area (Å²) >= 11 is 0. The van der Waals surface area contributed by atoms with E-state index in [1.807, 2.05) is 0 Å². The molecular formula is C16H24N2. The van der Waals surface area contributed by atoms with Crippen molar-refractivity contribution in [3.63, 3.8) is 0 Å². The van der Waals surface area contributed by atoms with Gasteiger partial charge in [-0.15, -0.1) is 0 Å². The summed E-state index contributed by atoms with van der Waals surface area (Å²) in [6.45, 7) is 5.57. The van der Waals surface area contributed by atoms with Crippen LogP contribution >= 0.6 is 0 Å². The zero-order chi connectivity index (χ0) is 12.4. The molecule has 1 fully saturated rings. The molecule has 98 valence electrons. The molecule has 2 heteroatoms. The molecule has 2 unspecified atom stereocenters. The standard InChI is InChI=1S/C16H24N2/c1-12-2-5-16(8-12)18-10-13-3-4-14-6-7-17-11-15(14)9-13/h3-4,9,12,16-18H,2,5-8,10-11H2,1H3. The molecule has 1 aromatic carbocycles. The topological polar surface area (TPSA) is 24.1 Å². The van der Waals surface area contributed by atoms with Crippen molar-refractivity contribution in [1.29, 1.82) is 0 Å². The Kier molecular flexibility index (Phi) is 3.67. The molecule has 2 aliphatic rings. The molecule has 1 saturated carbocycles. The van der Waals surface area contributed by atoms with Crippen LogP contribution in [0.3, 0.4) is 0 Å². The van der Waals surface area contributed by atoms with Crippen LogP contribution in [0.15, 0.2) is 18.2 Å². The first-order valence-electron chi connectivity index (χ1n) is 7.36. The molecular weight excluding hydrogens is 220 g/mol. The van der Waals surface area contributed by atoms with Crippen molar-refractivity contribution < 1.29 is 0 Å². The van der Waals surface area contributed by atoms with Crippen molar-refractivity contribution in [3.05, 3.63) is 34.9 Å². The third-order valence-corrected chi connectivity index (χ3v) is 4.45. The molecule has 1 aliphatic carbocycles. The van der Waals surface area contributed by atoms with Crippen molar-refractivity contribution >= 4 is 0 Å². The molecule has 0 aromatic heterocycles. The highest BCUT2D eigenvalue weighted by Crippen LogP contribution is 2.25. The zero-order valence-electron chi connectivity index (χ0n) is 11.3. The normalized spacial score (nSPS) is 27.2. The molecule has 1 heterocycles. The van der Waals surface area contributed by atoms with Crippen molar-refractivity contribution in [2.24, 2.45) is 5.92 Å². The molecule has 0 spiro atoms. The highest BCUT2D eigenvalue weighted by Gasteiger charge is 2.20. The fourth-order valence-corrected chi connectivity index (χ4v) is 3.30. The fraction of sp³-hybridized carbons (Fsp3) is 0.625. The van der Waals surface area contributed by atoms with E-state index in [1.165, 1.54) is 42.4 Å². The Balaban J connectivity index is 1.59. The molecule has 2 atom stereocenters. The summed E-state index contributed by atoms with van der Waals surface area (Å²) in [5, 5.41) is 7.17. The number of benzene rings is 1. The third-order valence-electron chi connectivity index (χ3n) is 4.45. The van der Waals surface area contributed by atoms with Gasteiger partial charge in [-0.3, -0.25) is 0 Å². The molecule has 1 aliphatic heterocycles. The average molecular weight is 244 g/mol. The maximum atomic E-state index is 3.71. The van der Waals surface area contributed by atoms with Gasteiger partial charge in [0.15, 0.2) is 0 Å². The smallest absolute Gasteiger partial charge is 0.0208 e. The van der Waals surface area contributed by atoms with E-state index in [9.17, 15) is 0 Å². The second-order valence-electron chi connectivity index (χ2n) is 6.03. The zero-order valence-corrected chi connectivity index (χ0v) is 11.3. The minimum absolute atomic E-state index is 0.745. The van der Waals surface area contributed by atoms with Gasteiger partial charge in [0, 0.05) is 19.1 Å². The van der Waals surface area contributed by atoms with Gasteiger partial charge in [-0.25, -0.2) is 0 Å². The Morgan fingerprint density at radius 1 is 1.28 bits per heavy atom. The first-order valence-corrected chi connectivity index (χ1v) is 7.36. The summed E-state index contributed by atoms with van der Waals surface area (Å²) in [7, 11) is 0. The van der Waals surface area contributed by atoms with Crippen LogP contribution in [0.25, 0.3) is 0 Å². The van der Waals surface area contributed by atoms with Crippen LogP contribution < -0.4 is 10.6 Å². The van der Waals surface area contributed by atoms with E-state index in [0.29, 0.717) is 0 Å². The summed E-state index contributed by atoms with van der Waals surface area (Å²) in [5.74, 6) is 0.912. The first-order chi connectivity index (χ1) is 8.81. The first kappa shape index (κ1) is 12.2. The number of fused-ring (bicyclic) bond motifs is 1. The molecule has 18 heavy (non-hydrogen) atoms. The van der Waals surface area contributed by atoms with Gasteiger partial charge in [-0.1, -0.05) is 25.1 Å². The van der Waals surface area contributed by atoms with Gasteiger partial charge in [0.05, 0.1) is 0 Å². The van der Waals surface area contributed by atoms with Gasteiger partial charge in [0.25, 0.3) is 0 Å². The lowest BCUT2D eigenvalue weighted by Crippen LogP contribution is -2.27. The van der Waals surface area contributed by atoms with E-state index in [0.717, 1.165) is 31.6 Å². The summed E-state index contributed by atoms with van der Waals surface area (Å²) < 4.78 is 0. The van der Waals surface area contributed by atoms with Gasteiger partial charge < -0.3 is 10.6 Å². The van der Waals surface area contributed by atoms with E-state index >= 15 is 0 Å². The van der Waals surface area contributed by atoms with Crippen LogP contribution in [0.4, 0.5) is 0 Å². The largest absolute Gasteiger partial charge is 0.312 e. The monoisotopic (exact) mass is 244 g/mol. The highest BCUT2D eigenvalue weighted by atomic mass is 14.9. The Morgan fingerprint density at radius 2 is 2.22 bits per heavy atom. The van der Waals surface area contributed by atoms with Gasteiger partial charge in [0.2, 0.25) is 0 Å². The summed E-state index contributed by atoms with van der Waals surface area (Å²) in [6.07, 6.45) is 5.29. The number of rotatable bonds is 3. The minimum atomic E-state index is 0.745. The number of nitrogens with one attached hydrogen (secondary N) is 2. The lowest BCUT2D eigenvalue weighted by atomic mass is 9.98. The molecule has 3 rings (SSSR count). The second kappa shape index (κ2) is 5.41. The van der Waals surface area contributed by atoms with Gasteiger partial charge in [0.1, 0.15) is 0 Å². The van der Waals surface area contributed by atoms with Crippen molar-refractivity contribution in [2.45, 2.75) is 51.7 Å². The Bertz CT molecular complexity index is 414. The summed E-state index contributed by atoms with van der Waals surface area (Å²) in [6, 6.07) is 7.75. The van der Waals surface area contributed by atoms with E-state index in [4.69, 9.17) is 0 Å². The molecule has 0 radical (unpaired) electrons. The van der Waals surface area contributed by atoms with Crippen LogP contribution in [0.2, 0.25) is 0 Å². The summed E-state index contributed by atoms with van der Waals surface area (Å²) in [5.41, 5.74) is 4.48. The predicted molar refractivity (Wildman–Crippen MR) is 75.5 cm³/mol. The number of hydrogen-bond acceptors (Lipinski definition) is 2. The Hall–Kier alpha value is -0.860. The molecule has 0 amide bonds. The maximum Gasteiger partial charge on any atom is 0.0208 e. The van der Waals surface area contributed by atoms with Gasteiger partial charge in [-0.05, 0) is 54.8 Å². The van der Waals surface area contributed by atoms with Crippen molar-refractivity contribution in [3.8, 4) is 0 Å². The second-order valence-corrected chi connectivity index (χ2v) is 6.03. The lowest BCUT2D eigenvalue weighted by molar-refractivity contribution is 0.502. The predicted octanol–water partition coefficient (Wildman–Crippen LogP) is 2.61. The Morgan fingerprint density at radius 3 is 3.06 bits per heavy atom. The van der Waals surface area contributed by atoms with Gasteiger partial charge >= 0.3 is 0 Å². The minimum Gasteiger partial charge on any atom is -0.312 e. The number of hydrogen-bond donors (Lipinski definition) is 2. The van der Waals surface area contributed by atoms with Crippen LogP contribution in [-0.4, -0.2) is 12.6 Å². The molecule has 2 N–H and O–H groups in total. The van der Waals surface area contributed by atoms with Crippen molar-refractivity contribution in [2.75, 3.05) is 6.54 Å². The molecule has 2 nitrogen and oxygen atoms in total. The van der Waals surface area contributed by atoms with Crippen LogP contribution in [0, 0.1) is 5.92 Å². The molecule has 0 bridgehead atoms. The fourth-order valence-electron chi connectivity index (χ4n) is 3.30. The maximum absolute atomic E-state index is 3.71. The highest BCUT2D eigenvalue weighted by molar-refractivity contribution is 5.33. The molecule has 0 saturated heterocycles. The van der Waals surface area contributed by atoms with Crippen molar-refractivity contribution in [1.82, 2.24) is 10.6 Å². The van der Waals surface area contributed by atoms with E-state index in [1.54, 1.807) is 0 Å². The third kappa shape index (κ3) is 2.76. The van der Waals surface area contributed by atoms with Crippen LogP contribution in [0.1, 0.15) is 42.9 Å². The van der Waals surface area contributed by atoms with Crippen LogP contribution in [0.5, 0.6) is 0 Å². The quantitative estimate of drug-likeness (QED) is 0.854.